The number of oxazole rings is 1. The Hall–Kier alpha value is -1.46. The van der Waals surface area contributed by atoms with Gasteiger partial charge in [-0.2, -0.15) is 0 Å². The average Bonchev–Trinajstić information content (AvgIpc) is 2.84. The fraction of sp³-hybridized carbons (Fsp3) is 0. The molecule has 3 nitrogen and oxygen atoms in total. The van der Waals surface area contributed by atoms with Gasteiger partial charge in [0.2, 0.25) is 0 Å². The first kappa shape index (κ1) is 8.82. The molecule has 0 radical (unpaired) electrons. The summed E-state index contributed by atoms with van der Waals surface area (Å²) in [5, 5.41) is 2.00. The van der Waals surface area contributed by atoms with E-state index in [0.717, 1.165) is 26.3 Å². The first-order valence-electron chi connectivity index (χ1n) is 4.34. The molecule has 0 bridgehead atoms. The molecule has 0 aliphatic rings. The van der Waals surface area contributed by atoms with Gasteiger partial charge in [0.1, 0.15) is 5.52 Å². The quantitative estimate of drug-likeness (QED) is 0.654. The van der Waals surface area contributed by atoms with Gasteiger partial charge in [-0.1, -0.05) is 6.07 Å². The number of hydrogen-bond donors (Lipinski definition) is 1. The maximum atomic E-state index is 5.24. The lowest BCUT2D eigenvalue weighted by Crippen LogP contribution is -1.76. The normalized spacial score (nSPS) is 10.9. The summed E-state index contributed by atoms with van der Waals surface area (Å²) < 4.78 is 6.02. The van der Waals surface area contributed by atoms with Crippen LogP contribution in [0.2, 0.25) is 0 Å². The molecule has 0 fully saturated rings. The predicted molar refractivity (Wildman–Crippen MR) is 62.5 cm³/mol. The smallest absolute Gasteiger partial charge is 0.181 e. The molecular formula is C10H6N2OS2. The minimum absolute atomic E-state index is 0.780. The van der Waals surface area contributed by atoms with Crippen molar-refractivity contribution in [2.75, 3.05) is 0 Å². The van der Waals surface area contributed by atoms with Crippen molar-refractivity contribution in [1.82, 2.24) is 9.97 Å². The fourth-order valence-electron chi connectivity index (χ4n) is 1.44. The molecule has 5 heteroatoms. The first-order chi connectivity index (χ1) is 7.33. The van der Waals surface area contributed by atoms with E-state index in [1.807, 2.05) is 23.6 Å². The Kier molecular flexibility index (Phi) is 1.93. The predicted octanol–water partition coefficient (Wildman–Crippen LogP) is 3.61. The second-order valence-corrected chi connectivity index (χ2v) is 4.64. The fourth-order valence-corrected chi connectivity index (χ4v) is 2.29. The zero-order valence-electron chi connectivity index (χ0n) is 7.56. The highest BCUT2D eigenvalue weighted by Gasteiger charge is 2.03. The number of hydrogen-bond acceptors (Lipinski definition) is 4. The van der Waals surface area contributed by atoms with Crippen LogP contribution in [0.5, 0.6) is 0 Å². The lowest BCUT2D eigenvalue weighted by atomic mass is 10.1. The monoisotopic (exact) mass is 234 g/mol. The Morgan fingerprint density at radius 2 is 2.33 bits per heavy atom. The zero-order valence-corrected chi connectivity index (χ0v) is 9.19. The van der Waals surface area contributed by atoms with Crippen molar-refractivity contribution in [3.63, 3.8) is 0 Å². The molecule has 0 amide bonds. The van der Waals surface area contributed by atoms with Gasteiger partial charge in [0, 0.05) is 10.9 Å². The minimum atomic E-state index is 0.780. The third-order valence-corrected chi connectivity index (χ3v) is 3.22. The van der Waals surface area contributed by atoms with Gasteiger partial charge in [-0.3, -0.25) is 0 Å². The number of H-pyrrole nitrogens is 1. The van der Waals surface area contributed by atoms with Crippen LogP contribution in [0.4, 0.5) is 0 Å². The minimum Gasteiger partial charge on any atom is -0.443 e. The van der Waals surface area contributed by atoms with Crippen LogP contribution in [0, 0.1) is 3.95 Å². The molecule has 0 aliphatic carbocycles. The Bertz CT molecular complexity index is 665. The van der Waals surface area contributed by atoms with Crippen molar-refractivity contribution in [1.29, 1.82) is 0 Å². The molecule has 0 aliphatic heterocycles. The largest absolute Gasteiger partial charge is 0.443 e. The number of aromatic nitrogens is 2. The third kappa shape index (κ3) is 1.49. The maximum Gasteiger partial charge on any atom is 0.181 e. The van der Waals surface area contributed by atoms with Crippen LogP contribution in [0.15, 0.2) is 34.4 Å². The second kappa shape index (κ2) is 3.29. The molecule has 0 saturated heterocycles. The Balaban J connectivity index is 2.22. The lowest BCUT2D eigenvalue weighted by molar-refractivity contribution is 0.602. The van der Waals surface area contributed by atoms with Gasteiger partial charge in [-0.25, -0.2) is 4.98 Å². The van der Waals surface area contributed by atoms with E-state index < -0.39 is 0 Å². The second-order valence-electron chi connectivity index (χ2n) is 3.10. The number of nitrogens with zero attached hydrogens (tertiary/aromatic N) is 1. The van der Waals surface area contributed by atoms with Crippen LogP contribution in [0.25, 0.3) is 22.4 Å². The van der Waals surface area contributed by atoms with Crippen molar-refractivity contribution in [3.8, 4) is 11.3 Å². The summed E-state index contributed by atoms with van der Waals surface area (Å²) in [5.41, 5.74) is 3.74. The highest BCUT2D eigenvalue weighted by Crippen LogP contribution is 2.24. The van der Waals surface area contributed by atoms with E-state index in [-0.39, 0.29) is 0 Å². The van der Waals surface area contributed by atoms with E-state index in [9.17, 15) is 0 Å². The van der Waals surface area contributed by atoms with Crippen molar-refractivity contribution < 1.29 is 4.42 Å². The summed E-state index contributed by atoms with van der Waals surface area (Å²) in [6, 6.07) is 5.89. The molecule has 0 atom stereocenters. The van der Waals surface area contributed by atoms with E-state index in [0.29, 0.717) is 0 Å². The summed E-state index contributed by atoms with van der Waals surface area (Å²) >= 11 is 6.56. The highest BCUT2D eigenvalue weighted by molar-refractivity contribution is 7.73. The molecule has 3 rings (SSSR count). The van der Waals surface area contributed by atoms with Gasteiger partial charge in [-0.15, -0.1) is 11.3 Å². The van der Waals surface area contributed by atoms with E-state index in [1.54, 1.807) is 0 Å². The summed E-state index contributed by atoms with van der Waals surface area (Å²) in [4.78, 5) is 7.18. The molecule has 1 N–H and O–H groups in total. The zero-order chi connectivity index (χ0) is 10.3. The van der Waals surface area contributed by atoms with Gasteiger partial charge in [0.25, 0.3) is 0 Å². The third-order valence-electron chi connectivity index (χ3n) is 2.16. The van der Waals surface area contributed by atoms with Crippen LogP contribution in [0.1, 0.15) is 0 Å². The SMILES string of the molecule is S=c1[nH]c(-c2ccc3ncoc3c2)cs1. The number of aromatic amines is 1. The summed E-state index contributed by atoms with van der Waals surface area (Å²) in [7, 11) is 0. The molecule has 2 heterocycles. The molecule has 0 spiro atoms. The molecular weight excluding hydrogens is 228 g/mol. The van der Waals surface area contributed by atoms with Crippen LogP contribution in [0.3, 0.4) is 0 Å². The Morgan fingerprint density at radius 3 is 3.13 bits per heavy atom. The highest BCUT2D eigenvalue weighted by atomic mass is 32.1. The molecule has 15 heavy (non-hydrogen) atoms. The number of benzene rings is 1. The Morgan fingerprint density at radius 1 is 1.40 bits per heavy atom. The topological polar surface area (TPSA) is 41.8 Å². The van der Waals surface area contributed by atoms with Crippen molar-refractivity contribution in [2.24, 2.45) is 0 Å². The average molecular weight is 234 g/mol. The summed E-state index contributed by atoms with van der Waals surface area (Å²) in [6.07, 6.45) is 1.45. The maximum absolute atomic E-state index is 5.24. The number of rotatable bonds is 1. The molecule has 0 saturated carbocycles. The van der Waals surface area contributed by atoms with Crippen molar-refractivity contribution in [3.05, 3.63) is 33.9 Å². The molecule has 1 aromatic carbocycles. The standard InChI is InChI=1S/C10H6N2OS2/c14-10-12-8(4-15-10)6-1-2-7-9(3-6)13-5-11-7/h1-5H,(H,12,14). The van der Waals surface area contributed by atoms with Gasteiger partial charge in [0.15, 0.2) is 15.9 Å². The van der Waals surface area contributed by atoms with Crippen molar-refractivity contribution in [2.45, 2.75) is 0 Å². The Labute approximate surface area is 94.4 Å². The number of fused-ring (bicyclic) bond motifs is 1. The molecule has 2 aromatic heterocycles. The number of nitrogens with one attached hydrogen (secondary N) is 1. The van der Waals surface area contributed by atoms with Gasteiger partial charge in [-0.05, 0) is 24.4 Å². The number of thiazole rings is 1. The van der Waals surface area contributed by atoms with Crippen LogP contribution >= 0.6 is 23.6 Å². The molecule has 0 unspecified atom stereocenters. The molecule has 3 aromatic rings. The van der Waals surface area contributed by atoms with E-state index in [4.69, 9.17) is 16.6 Å². The van der Waals surface area contributed by atoms with E-state index >= 15 is 0 Å². The lowest BCUT2D eigenvalue weighted by Gasteiger charge is -1.95. The summed E-state index contributed by atoms with van der Waals surface area (Å²) in [6.45, 7) is 0. The van der Waals surface area contributed by atoms with Crippen LogP contribution in [-0.2, 0) is 0 Å². The van der Waals surface area contributed by atoms with Gasteiger partial charge >= 0.3 is 0 Å². The summed E-state index contributed by atoms with van der Waals surface area (Å²) in [5.74, 6) is 0. The molecule has 74 valence electrons. The van der Waals surface area contributed by atoms with Crippen LogP contribution < -0.4 is 0 Å². The van der Waals surface area contributed by atoms with Crippen molar-refractivity contribution >= 4 is 34.7 Å². The van der Waals surface area contributed by atoms with Crippen LogP contribution in [-0.4, -0.2) is 9.97 Å². The van der Waals surface area contributed by atoms with E-state index in [1.165, 1.54) is 17.7 Å². The van der Waals surface area contributed by atoms with E-state index in [2.05, 4.69) is 9.97 Å². The van der Waals surface area contributed by atoms with Gasteiger partial charge < -0.3 is 9.40 Å². The van der Waals surface area contributed by atoms with Gasteiger partial charge in [0.05, 0.1) is 5.69 Å². The first-order valence-corrected chi connectivity index (χ1v) is 5.63.